The van der Waals surface area contributed by atoms with E-state index in [2.05, 4.69) is 10.3 Å². The number of likely N-dealkylation sites (N-methyl/N-ethyl adjacent to an activating group) is 2. The van der Waals surface area contributed by atoms with Gasteiger partial charge in [-0.2, -0.15) is 0 Å². The van der Waals surface area contributed by atoms with Gasteiger partial charge in [0.2, 0.25) is 5.91 Å². The average molecular weight is 261 g/mol. The van der Waals surface area contributed by atoms with Crippen molar-refractivity contribution in [1.82, 2.24) is 15.2 Å². The molecular weight excluding hydrogens is 242 g/mol. The van der Waals surface area contributed by atoms with Gasteiger partial charge < -0.3 is 14.6 Å². The molecule has 1 aromatic heterocycles. The van der Waals surface area contributed by atoms with Crippen molar-refractivity contribution in [2.45, 2.75) is 12.8 Å². The minimum Gasteiger partial charge on any atom is -0.441 e. The molecule has 19 heavy (non-hydrogen) atoms. The molecule has 0 saturated carbocycles. The standard InChI is InChI=1S/C14H19N3O2/c1-15-9-10-17(2)14(18)8-7-13-16-11-5-3-4-6-12(11)19-13/h3-6,15H,7-10H2,1-2H3. The van der Waals surface area contributed by atoms with E-state index in [9.17, 15) is 4.79 Å². The van der Waals surface area contributed by atoms with Gasteiger partial charge in [0.15, 0.2) is 11.5 Å². The second-order valence-corrected chi connectivity index (χ2v) is 4.49. The van der Waals surface area contributed by atoms with Crippen molar-refractivity contribution in [1.29, 1.82) is 0 Å². The molecule has 0 aliphatic carbocycles. The van der Waals surface area contributed by atoms with E-state index in [4.69, 9.17) is 4.42 Å². The zero-order valence-corrected chi connectivity index (χ0v) is 11.3. The summed E-state index contributed by atoms with van der Waals surface area (Å²) in [5.74, 6) is 0.731. The number of hydrogen-bond acceptors (Lipinski definition) is 4. The maximum absolute atomic E-state index is 11.9. The number of aryl methyl sites for hydroxylation is 1. The van der Waals surface area contributed by atoms with Crippen LogP contribution in [0.15, 0.2) is 28.7 Å². The number of nitrogens with zero attached hydrogens (tertiary/aromatic N) is 2. The molecule has 0 radical (unpaired) electrons. The van der Waals surface area contributed by atoms with Crippen molar-refractivity contribution in [2.75, 3.05) is 27.2 Å². The Morgan fingerprint density at radius 1 is 1.42 bits per heavy atom. The highest BCUT2D eigenvalue weighted by atomic mass is 16.3. The van der Waals surface area contributed by atoms with Gasteiger partial charge in [0.1, 0.15) is 5.52 Å². The first-order valence-electron chi connectivity index (χ1n) is 6.43. The molecule has 5 heteroatoms. The molecule has 0 aliphatic rings. The summed E-state index contributed by atoms with van der Waals surface area (Å²) in [7, 11) is 3.68. The number of rotatable bonds is 6. The summed E-state index contributed by atoms with van der Waals surface area (Å²) < 4.78 is 5.59. The second-order valence-electron chi connectivity index (χ2n) is 4.49. The van der Waals surface area contributed by atoms with Crippen LogP contribution in [0.2, 0.25) is 0 Å². The van der Waals surface area contributed by atoms with Crippen molar-refractivity contribution < 1.29 is 9.21 Å². The number of benzene rings is 1. The number of hydrogen-bond donors (Lipinski definition) is 1. The summed E-state index contributed by atoms with van der Waals surface area (Å²) in [5, 5.41) is 3.02. The van der Waals surface area contributed by atoms with E-state index in [1.54, 1.807) is 4.90 Å². The van der Waals surface area contributed by atoms with Gasteiger partial charge >= 0.3 is 0 Å². The van der Waals surface area contributed by atoms with Crippen LogP contribution in [0.5, 0.6) is 0 Å². The van der Waals surface area contributed by atoms with Crippen LogP contribution in [0.25, 0.3) is 11.1 Å². The molecule has 102 valence electrons. The molecule has 0 bridgehead atoms. The fraction of sp³-hybridized carbons (Fsp3) is 0.429. The van der Waals surface area contributed by atoms with Crippen LogP contribution in [-0.4, -0.2) is 43.0 Å². The number of oxazole rings is 1. The van der Waals surface area contributed by atoms with E-state index < -0.39 is 0 Å². The Morgan fingerprint density at radius 3 is 2.95 bits per heavy atom. The highest BCUT2D eigenvalue weighted by Gasteiger charge is 2.11. The van der Waals surface area contributed by atoms with Crippen LogP contribution in [0, 0.1) is 0 Å². The number of fused-ring (bicyclic) bond motifs is 1. The van der Waals surface area contributed by atoms with Crippen molar-refractivity contribution in [3.63, 3.8) is 0 Å². The molecule has 0 unspecified atom stereocenters. The third kappa shape index (κ3) is 3.54. The van der Waals surface area contributed by atoms with E-state index in [0.717, 1.165) is 17.6 Å². The molecule has 1 aromatic carbocycles. The summed E-state index contributed by atoms with van der Waals surface area (Å²) in [4.78, 5) is 17.9. The first-order chi connectivity index (χ1) is 9.20. The summed E-state index contributed by atoms with van der Waals surface area (Å²) in [6, 6.07) is 7.62. The Balaban J connectivity index is 1.89. The van der Waals surface area contributed by atoms with Crippen molar-refractivity contribution >= 4 is 17.0 Å². The Bertz CT molecular complexity index is 517. The number of nitrogens with one attached hydrogen (secondary N) is 1. The smallest absolute Gasteiger partial charge is 0.222 e. The lowest BCUT2D eigenvalue weighted by Gasteiger charge is -2.16. The minimum atomic E-state index is 0.109. The van der Waals surface area contributed by atoms with E-state index >= 15 is 0 Å². The normalized spacial score (nSPS) is 10.8. The Labute approximate surface area is 112 Å². The van der Waals surface area contributed by atoms with Crippen LogP contribution in [0.3, 0.4) is 0 Å². The molecule has 2 rings (SSSR count). The molecule has 0 spiro atoms. The summed E-state index contributed by atoms with van der Waals surface area (Å²) in [5.41, 5.74) is 1.61. The number of aromatic nitrogens is 1. The van der Waals surface area contributed by atoms with Crippen LogP contribution in [-0.2, 0) is 11.2 Å². The second kappa shape index (κ2) is 6.33. The summed E-state index contributed by atoms with van der Waals surface area (Å²) in [6.45, 7) is 1.51. The number of carbonyl (C=O) groups excluding carboxylic acids is 1. The summed E-state index contributed by atoms with van der Waals surface area (Å²) in [6.07, 6.45) is 0.963. The van der Waals surface area contributed by atoms with E-state index in [0.29, 0.717) is 25.3 Å². The Morgan fingerprint density at radius 2 is 2.21 bits per heavy atom. The first-order valence-corrected chi connectivity index (χ1v) is 6.43. The van der Waals surface area contributed by atoms with Gasteiger partial charge in [-0.25, -0.2) is 4.98 Å². The molecule has 1 heterocycles. The number of carbonyl (C=O) groups is 1. The predicted octanol–water partition coefficient (Wildman–Crippen LogP) is 1.44. The van der Waals surface area contributed by atoms with Crippen LogP contribution >= 0.6 is 0 Å². The Kier molecular flexibility index (Phi) is 4.52. The van der Waals surface area contributed by atoms with E-state index in [-0.39, 0.29) is 5.91 Å². The molecule has 0 saturated heterocycles. The maximum Gasteiger partial charge on any atom is 0.222 e. The van der Waals surface area contributed by atoms with Crippen molar-refractivity contribution in [3.8, 4) is 0 Å². The van der Waals surface area contributed by atoms with Crippen LogP contribution in [0.4, 0.5) is 0 Å². The van der Waals surface area contributed by atoms with Crippen molar-refractivity contribution in [3.05, 3.63) is 30.2 Å². The Hall–Kier alpha value is -1.88. The third-order valence-electron chi connectivity index (χ3n) is 3.01. The lowest BCUT2D eigenvalue weighted by molar-refractivity contribution is -0.129. The summed E-state index contributed by atoms with van der Waals surface area (Å²) >= 11 is 0. The largest absolute Gasteiger partial charge is 0.441 e. The van der Waals surface area contributed by atoms with Gasteiger partial charge in [0, 0.05) is 33.0 Å². The molecule has 0 atom stereocenters. The van der Waals surface area contributed by atoms with Gasteiger partial charge in [-0.3, -0.25) is 4.79 Å². The number of para-hydroxylation sites is 2. The average Bonchev–Trinajstić information content (AvgIpc) is 2.84. The van der Waals surface area contributed by atoms with Gasteiger partial charge in [-0.1, -0.05) is 12.1 Å². The van der Waals surface area contributed by atoms with Crippen LogP contribution < -0.4 is 5.32 Å². The SMILES string of the molecule is CNCCN(C)C(=O)CCc1nc2ccccc2o1. The fourth-order valence-corrected chi connectivity index (χ4v) is 1.84. The molecule has 1 amide bonds. The van der Waals surface area contributed by atoms with E-state index in [1.807, 2.05) is 38.4 Å². The monoisotopic (exact) mass is 261 g/mol. The first kappa shape index (κ1) is 13.5. The quantitative estimate of drug-likeness (QED) is 0.854. The van der Waals surface area contributed by atoms with E-state index in [1.165, 1.54) is 0 Å². The van der Waals surface area contributed by atoms with Gasteiger partial charge in [-0.15, -0.1) is 0 Å². The topological polar surface area (TPSA) is 58.4 Å². The highest BCUT2D eigenvalue weighted by Crippen LogP contribution is 2.15. The predicted molar refractivity (Wildman–Crippen MR) is 73.9 cm³/mol. The zero-order valence-electron chi connectivity index (χ0n) is 11.3. The molecule has 0 fully saturated rings. The van der Waals surface area contributed by atoms with Gasteiger partial charge in [-0.05, 0) is 19.2 Å². The number of amides is 1. The molecule has 2 aromatic rings. The highest BCUT2D eigenvalue weighted by molar-refractivity contribution is 5.76. The lowest BCUT2D eigenvalue weighted by Crippen LogP contribution is -2.32. The molecular formula is C14H19N3O2. The lowest BCUT2D eigenvalue weighted by atomic mass is 10.3. The third-order valence-corrected chi connectivity index (χ3v) is 3.01. The molecule has 1 N–H and O–H groups in total. The van der Waals surface area contributed by atoms with Gasteiger partial charge in [0.25, 0.3) is 0 Å². The minimum absolute atomic E-state index is 0.109. The molecule has 5 nitrogen and oxygen atoms in total. The fourth-order valence-electron chi connectivity index (χ4n) is 1.84. The van der Waals surface area contributed by atoms with Gasteiger partial charge in [0.05, 0.1) is 0 Å². The van der Waals surface area contributed by atoms with Crippen molar-refractivity contribution in [2.24, 2.45) is 0 Å². The zero-order chi connectivity index (χ0) is 13.7. The van der Waals surface area contributed by atoms with Crippen LogP contribution in [0.1, 0.15) is 12.3 Å². The molecule has 0 aliphatic heterocycles. The maximum atomic E-state index is 11.9.